The highest BCUT2D eigenvalue weighted by molar-refractivity contribution is 5.71. The topological polar surface area (TPSA) is 66.8 Å². The van der Waals surface area contributed by atoms with Crippen molar-refractivity contribution in [3.63, 3.8) is 0 Å². The van der Waals surface area contributed by atoms with Crippen LogP contribution in [0.1, 0.15) is 17.5 Å². The quantitative estimate of drug-likeness (QED) is 0.821. The Morgan fingerprint density at radius 2 is 1.67 bits per heavy atom. The van der Waals surface area contributed by atoms with E-state index in [9.17, 15) is 9.90 Å². The minimum absolute atomic E-state index is 0.208. The molecule has 0 spiro atoms. The fraction of sp³-hybridized carbons (Fsp3) is 0.235. The van der Waals surface area contributed by atoms with Crippen LogP contribution >= 0.6 is 0 Å². The molecule has 0 heterocycles. The van der Waals surface area contributed by atoms with Gasteiger partial charge in [-0.25, -0.2) is 4.79 Å². The van der Waals surface area contributed by atoms with Crippen LogP contribution in [-0.2, 0) is 17.8 Å². The number of carbonyl (C=O) groups is 1. The maximum absolute atomic E-state index is 10.5. The number of benzene rings is 2. The largest absolute Gasteiger partial charge is 0.489 e. The molecular weight excluding hydrogens is 268 g/mol. The third-order valence-corrected chi connectivity index (χ3v) is 3.16. The van der Waals surface area contributed by atoms with E-state index in [0.717, 1.165) is 16.9 Å². The maximum Gasteiger partial charge on any atom is 0.332 e. The summed E-state index contributed by atoms with van der Waals surface area (Å²) in [7, 11) is 0. The second-order valence-corrected chi connectivity index (χ2v) is 4.81. The second kappa shape index (κ2) is 7.45. The van der Waals surface area contributed by atoms with Gasteiger partial charge in [0.25, 0.3) is 0 Å². The van der Waals surface area contributed by atoms with Crippen LogP contribution in [0.15, 0.2) is 54.6 Å². The zero-order valence-corrected chi connectivity index (χ0v) is 11.6. The molecule has 0 bridgehead atoms. The minimum atomic E-state index is -1.31. The third kappa shape index (κ3) is 4.93. The Balaban J connectivity index is 1.83. The molecule has 2 aromatic carbocycles. The number of ether oxygens (including phenoxy) is 1. The van der Waals surface area contributed by atoms with E-state index < -0.39 is 12.1 Å². The lowest BCUT2D eigenvalue weighted by Gasteiger charge is -2.08. The Bertz CT molecular complexity index is 563. The highest BCUT2D eigenvalue weighted by Crippen LogP contribution is 2.15. The summed E-state index contributed by atoms with van der Waals surface area (Å²) in [5.41, 5.74) is 2.08. The molecule has 0 saturated carbocycles. The molecule has 4 nitrogen and oxygen atoms in total. The SMILES string of the molecule is O=C(O)C(O)CCc1ccc(OCc2ccccc2)cc1. The molecule has 0 amide bonds. The van der Waals surface area contributed by atoms with Crippen LogP contribution in [-0.4, -0.2) is 22.3 Å². The predicted molar refractivity (Wildman–Crippen MR) is 79.2 cm³/mol. The highest BCUT2D eigenvalue weighted by atomic mass is 16.5. The van der Waals surface area contributed by atoms with Gasteiger partial charge in [0.15, 0.2) is 6.10 Å². The Kier molecular flexibility index (Phi) is 5.35. The molecule has 0 saturated heterocycles. The lowest BCUT2D eigenvalue weighted by Crippen LogP contribution is -2.19. The summed E-state index contributed by atoms with van der Waals surface area (Å²) in [6.07, 6.45) is -0.578. The molecule has 110 valence electrons. The van der Waals surface area contributed by atoms with Crippen LogP contribution in [0.2, 0.25) is 0 Å². The molecule has 2 N–H and O–H groups in total. The van der Waals surface area contributed by atoms with E-state index in [1.54, 1.807) is 0 Å². The number of hydrogen-bond donors (Lipinski definition) is 2. The van der Waals surface area contributed by atoms with Gasteiger partial charge in [-0.15, -0.1) is 0 Å². The molecule has 0 fully saturated rings. The normalized spacial score (nSPS) is 11.9. The number of rotatable bonds is 7. The van der Waals surface area contributed by atoms with Gasteiger partial charge in [-0.3, -0.25) is 0 Å². The molecule has 0 aliphatic carbocycles. The predicted octanol–water partition coefficient (Wildman–Crippen LogP) is 2.64. The monoisotopic (exact) mass is 286 g/mol. The highest BCUT2D eigenvalue weighted by Gasteiger charge is 2.12. The molecule has 2 aromatic rings. The number of carboxylic acid groups (broad SMARTS) is 1. The Morgan fingerprint density at radius 3 is 2.29 bits per heavy atom. The minimum Gasteiger partial charge on any atom is -0.489 e. The van der Waals surface area contributed by atoms with Gasteiger partial charge in [-0.2, -0.15) is 0 Å². The first-order chi connectivity index (χ1) is 10.1. The number of aliphatic carboxylic acids is 1. The Hall–Kier alpha value is -2.33. The van der Waals surface area contributed by atoms with Gasteiger partial charge >= 0.3 is 5.97 Å². The van der Waals surface area contributed by atoms with Crippen LogP contribution in [0.5, 0.6) is 5.75 Å². The van der Waals surface area contributed by atoms with Crippen LogP contribution in [0.25, 0.3) is 0 Å². The lowest BCUT2D eigenvalue weighted by atomic mass is 10.1. The first kappa shape index (κ1) is 15.1. The van der Waals surface area contributed by atoms with Crippen LogP contribution in [0.4, 0.5) is 0 Å². The molecule has 0 radical (unpaired) electrons. The summed E-state index contributed by atoms with van der Waals surface area (Å²) in [5.74, 6) is -0.417. The molecule has 0 aliphatic rings. The van der Waals surface area contributed by atoms with E-state index in [1.807, 2.05) is 54.6 Å². The smallest absolute Gasteiger partial charge is 0.332 e. The number of hydrogen-bond acceptors (Lipinski definition) is 3. The average molecular weight is 286 g/mol. The van der Waals surface area contributed by atoms with Crippen LogP contribution in [0.3, 0.4) is 0 Å². The van der Waals surface area contributed by atoms with E-state index in [4.69, 9.17) is 9.84 Å². The summed E-state index contributed by atoms with van der Waals surface area (Å²) in [6.45, 7) is 0.512. The fourth-order valence-electron chi connectivity index (χ4n) is 1.92. The second-order valence-electron chi connectivity index (χ2n) is 4.81. The van der Waals surface area contributed by atoms with E-state index in [0.29, 0.717) is 13.0 Å². The molecule has 0 aliphatic heterocycles. The Morgan fingerprint density at radius 1 is 1.00 bits per heavy atom. The van der Waals surface area contributed by atoms with Crippen molar-refractivity contribution in [2.45, 2.75) is 25.6 Å². The van der Waals surface area contributed by atoms with Gasteiger partial charge in [0.1, 0.15) is 12.4 Å². The third-order valence-electron chi connectivity index (χ3n) is 3.16. The van der Waals surface area contributed by atoms with Gasteiger partial charge in [0.05, 0.1) is 0 Å². The number of aryl methyl sites for hydroxylation is 1. The molecule has 0 aromatic heterocycles. The molecule has 2 rings (SSSR count). The van der Waals surface area contributed by atoms with Crippen molar-refractivity contribution >= 4 is 5.97 Å². The van der Waals surface area contributed by atoms with Gasteiger partial charge in [0.2, 0.25) is 0 Å². The standard InChI is InChI=1S/C17H18O4/c18-16(17(19)20)11-8-13-6-9-15(10-7-13)21-12-14-4-2-1-3-5-14/h1-7,9-10,16,18H,8,11-12H2,(H,19,20). The van der Waals surface area contributed by atoms with Crippen molar-refractivity contribution in [3.8, 4) is 5.75 Å². The molecule has 1 atom stereocenters. The Labute approximate surface area is 123 Å². The van der Waals surface area contributed by atoms with Crippen LogP contribution < -0.4 is 4.74 Å². The van der Waals surface area contributed by atoms with Gasteiger partial charge in [-0.1, -0.05) is 42.5 Å². The fourth-order valence-corrected chi connectivity index (χ4v) is 1.92. The van der Waals surface area contributed by atoms with Gasteiger partial charge < -0.3 is 14.9 Å². The van der Waals surface area contributed by atoms with E-state index in [2.05, 4.69) is 0 Å². The summed E-state index contributed by atoms with van der Waals surface area (Å²) in [5, 5.41) is 17.8. The number of aliphatic hydroxyl groups excluding tert-OH is 1. The summed E-state index contributed by atoms with van der Waals surface area (Å²) < 4.78 is 5.67. The zero-order chi connectivity index (χ0) is 15.1. The van der Waals surface area contributed by atoms with Crippen molar-refractivity contribution in [1.29, 1.82) is 0 Å². The molecule has 1 unspecified atom stereocenters. The average Bonchev–Trinajstić information content (AvgIpc) is 2.52. The van der Waals surface area contributed by atoms with Crippen molar-refractivity contribution in [2.75, 3.05) is 0 Å². The molecule has 21 heavy (non-hydrogen) atoms. The number of carboxylic acids is 1. The zero-order valence-electron chi connectivity index (χ0n) is 11.6. The first-order valence-electron chi connectivity index (χ1n) is 6.81. The molecule has 4 heteroatoms. The maximum atomic E-state index is 10.5. The van der Waals surface area contributed by atoms with Gasteiger partial charge in [-0.05, 0) is 36.1 Å². The molecular formula is C17H18O4. The van der Waals surface area contributed by atoms with Crippen molar-refractivity contribution in [1.82, 2.24) is 0 Å². The van der Waals surface area contributed by atoms with Crippen molar-refractivity contribution < 1.29 is 19.7 Å². The summed E-state index contributed by atoms with van der Waals surface area (Å²) in [4.78, 5) is 10.5. The lowest BCUT2D eigenvalue weighted by molar-refractivity contribution is -0.146. The van der Waals surface area contributed by atoms with Gasteiger partial charge in [0, 0.05) is 0 Å². The summed E-state index contributed by atoms with van der Waals surface area (Å²) in [6, 6.07) is 17.4. The van der Waals surface area contributed by atoms with E-state index in [1.165, 1.54) is 0 Å². The first-order valence-corrected chi connectivity index (χ1v) is 6.81. The van der Waals surface area contributed by atoms with Crippen molar-refractivity contribution in [3.05, 3.63) is 65.7 Å². The van der Waals surface area contributed by atoms with Crippen molar-refractivity contribution in [2.24, 2.45) is 0 Å². The summed E-state index contributed by atoms with van der Waals surface area (Å²) >= 11 is 0. The van der Waals surface area contributed by atoms with Crippen LogP contribution in [0, 0.1) is 0 Å². The number of aliphatic hydroxyl groups is 1. The van der Waals surface area contributed by atoms with E-state index >= 15 is 0 Å². The van der Waals surface area contributed by atoms with E-state index in [-0.39, 0.29) is 6.42 Å².